The maximum Gasteiger partial charge on any atom is 0.269 e. The number of nitrogens with two attached hydrogens (primary N) is 1. The summed E-state index contributed by atoms with van der Waals surface area (Å²) in [6, 6.07) is 3.69. The van der Waals surface area contributed by atoms with Gasteiger partial charge in [-0.05, 0) is 31.9 Å². The minimum Gasteiger partial charge on any atom is -0.364 e. The Morgan fingerprint density at radius 1 is 1.24 bits per heavy atom. The van der Waals surface area contributed by atoms with Crippen LogP contribution in [0, 0.1) is 6.92 Å². The van der Waals surface area contributed by atoms with Crippen LogP contribution in [0.2, 0.25) is 0 Å². The van der Waals surface area contributed by atoms with Gasteiger partial charge in [-0.1, -0.05) is 13.3 Å². The third kappa shape index (κ3) is 3.40. The van der Waals surface area contributed by atoms with Crippen LogP contribution < -0.4 is 5.73 Å². The number of carbonyl (C=O) groups is 1. The predicted octanol–water partition coefficient (Wildman–Crippen LogP) is 2.47. The van der Waals surface area contributed by atoms with E-state index in [1.807, 2.05) is 19.1 Å². The summed E-state index contributed by atoms with van der Waals surface area (Å²) in [6.45, 7) is 3.98. The Labute approximate surface area is 146 Å². The van der Waals surface area contributed by atoms with Crippen LogP contribution in [0.15, 0.2) is 36.9 Å². The molecule has 0 aromatic carbocycles. The van der Waals surface area contributed by atoms with Crippen molar-refractivity contribution in [2.24, 2.45) is 5.73 Å². The van der Waals surface area contributed by atoms with Gasteiger partial charge in [-0.3, -0.25) is 19.7 Å². The zero-order valence-electron chi connectivity index (χ0n) is 14.3. The monoisotopic (exact) mass is 336 g/mol. The molecule has 0 aliphatic carbocycles. The first-order valence-electron chi connectivity index (χ1n) is 8.23. The molecule has 0 aliphatic rings. The van der Waals surface area contributed by atoms with E-state index in [4.69, 9.17) is 5.73 Å². The molecule has 0 saturated heterocycles. The molecule has 0 fully saturated rings. The average molecular weight is 336 g/mol. The summed E-state index contributed by atoms with van der Waals surface area (Å²) in [5, 5.41) is 4.47. The zero-order valence-corrected chi connectivity index (χ0v) is 14.3. The molecular formula is C18H20N6O. The number of pyridine rings is 1. The third-order valence-electron chi connectivity index (χ3n) is 3.91. The van der Waals surface area contributed by atoms with Crippen LogP contribution in [0.1, 0.15) is 41.5 Å². The normalized spacial score (nSPS) is 10.8. The van der Waals surface area contributed by atoms with Crippen molar-refractivity contribution in [1.82, 2.24) is 24.7 Å². The van der Waals surface area contributed by atoms with Gasteiger partial charge in [0, 0.05) is 18.0 Å². The molecule has 7 heteroatoms. The molecule has 3 rings (SSSR count). The number of amides is 1. The highest BCUT2D eigenvalue weighted by atomic mass is 16.1. The molecule has 0 aliphatic heterocycles. The molecule has 128 valence electrons. The fourth-order valence-electron chi connectivity index (χ4n) is 2.68. The van der Waals surface area contributed by atoms with Gasteiger partial charge in [0.2, 0.25) is 0 Å². The zero-order chi connectivity index (χ0) is 17.8. The second-order valence-corrected chi connectivity index (χ2v) is 5.81. The van der Waals surface area contributed by atoms with Crippen molar-refractivity contribution in [3.05, 3.63) is 53.9 Å². The summed E-state index contributed by atoms with van der Waals surface area (Å²) in [5.41, 5.74) is 9.61. The van der Waals surface area contributed by atoms with Crippen molar-refractivity contribution in [2.45, 2.75) is 33.1 Å². The summed E-state index contributed by atoms with van der Waals surface area (Å²) in [6.07, 6.45) is 9.38. The Hall–Kier alpha value is -3.09. The number of carbonyl (C=O) groups excluding carboxylic acids is 1. The highest BCUT2D eigenvalue weighted by Crippen LogP contribution is 2.28. The molecule has 2 N–H and O–H groups in total. The Balaban J connectivity index is 2.26. The number of nitrogens with zero attached hydrogens (tertiary/aromatic N) is 5. The van der Waals surface area contributed by atoms with E-state index in [0.29, 0.717) is 12.1 Å². The van der Waals surface area contributed by atoms with Crippen molar-refractivity contribution in [3.63, 3.8) is 0 Å². The van der Waals surface area contributed by atoms with Gasteiger partial charge >= 0.3 is 0 Å². The van der Waals surface area contributed by atoms with Gasteiger partial charge in [0.15, 0.2) is 5.69 Å². The van der Waals surface area contributed by atoms with E-state index < -0.39 is 5.91 Å². The molecule has 0 radical (unpaired) electrons. The van der Waals surface area contributed by atoms with Crippen molar-refractivity contribution < 1.29 is 4.79 Å². The molecule has 25 heavy (non-hydrogen) atoms. The molecule has 0 saturated carbocycles. The number of rotatable bonds is 6. The van der Waals surface area contributed by atoms with Gasteiger partial charge in [0.05, 0.1) is 29.5 Å². The Morgan fingerprint density at radius 3 is 2.68 bits per heavy atom. The Bertz CT molecular complexity index is 871. The summed E-state index contributed by atoms with van der Waals surface area (Å²) in [4.78, 5) is 24.9. The lowest BCUT2D eigenvalue weighted by atomic mass is 10.0. The van der Waals surface area contributed by atoms with Crippen molar-refractivity contribution in [1.29, 1.82) is 0 Å². The summed E-state index contributed by atoms with van der Waals surface area (Å²) < 4.78 is 1.68. The van der Waals surface area contributed by atoms with E-state index in [9.17, 15) is 4.79 Å². The smallest absolute Gasteiger partial charge is 0.269 e. The predicted molar refractivity (Wildman–Crippen MR) is 94.3 cm³/mol. The van der Waals surface area contributed by atoms with E-state index in [0.717, 1.165) is 35.5 Å². The van der Waals surface area contributed by atoms with Gasteiger partial charge in [0.1, 0.15) is 5.69 Å². The second kappa shape index (κ2) is 7.21. The molecule has 1 amide bonds. The largest absolute Gasteiger partial charge is 0.364 e. The molecule has 0 atom stereocenters. The van der Waals surface area contributed by atoms with E-state index in [-0.39, 0.29) is 5.69 Å². The van der Waals surface area contributed by atoms with E-state index >= 15 is 0 Å². The fraction of sp³-hybridized carbons (Fsp3) is 0.278. The number of unbranched alkanes of at least 4 members (excludes halogenated alkanes) is 1. The molecule has 3 heterocycles. The average Bonchev–Trinajstić information content (AvgIpc) is 3.01. The lowest BCUT2D eigenvalue weighted by Gasteiger charge is -2.09. The minimum atomic E-state index is -0.546. The second-order valence-electron chi connectivity index (χ2n) is 5.81. The highest BCUT2D eigenvalue weighted by Gasteiger charge is 2.24. The van der Waals surface area contributed by atoms with Gasteiger partial charge in [-0.25, -0.2) is 4.68 Å². The number of aromatic nitrogens is 5. The number of aryl methyl sites for hydroxylation is 1. The Kier molecular flexibility index (Phi) is 4.83. The summed E-state index contributed by atoms with van der Waals surface area (Å²) >= 11 is 0. The number of hydrogen-bond acceptors (Lipinski definition) is 5. The minimum absolute atomic E-state index is 0.273. The van der Waals surface area contributed by atoms with Crippen LogP contribution in [0.3, 0.4) is 0 Å². The molecule has 0 bridgehead atoms. The van der Waals surface area contributed by atoms with Crippen LogP contribution in [0.4, 0.5) is 0 Å². The highest BCUT2D eigenvalue weighted by molar-refractivity contribution is 5.94. The maximum absolute atomic E-state index is 12.0. The first-order chi connectivity index (χ1) is 12.1. The SMILES string of the molecule is CCCCc1c(C(N)=O)nn(-c2cccnc2)c1-c1cnc(C)cn1. The van der Waals surface area contributed by atoms with Crippen LogP contribution in [-0.2, 0) is 6.42 Å². The van der Waals surface area contributed by atoms with Crippen molar-refractivity contribution >= 4 is 5.91 Å². The summed E-state index contributed by atoms with van der Waals surface area (Å²) in [5.74, 6) is -0.546. The fourth-order valence-corrected chi connectivity index (χ4v) is 2.68. The maximum atomic E-state index is 12.0. The Morgan fingerprint density at radius 2 is 2.08 bits per heavy atom. The van der Waals surface area contributed by atoms with Crippen LogP contribution in [0.25, 0.3) is 17.1 Å². The quantitative estimate of drug-likeness (QED) is 0.745. The van der Waals surface area contributed by atoms with E-state index in [1.165, 1.54) is 0 Å². The topological polar surface area (TPSA) is 99.6 Å². The lowest BCUT2D eigenvalue weighted by Crippen LogP contribution is -2.14. The van der Waals surface area contributed by atoms with Gasteiger partial charge in [-0.2, -0.15) is 5.10 Å². The number of primary amides is 1. The third-order valence-corrected chi connectivity index (χ3v) is 3.91. The molecule has 0 unspecified atom stereocenters. The molecule has 3 aromatic rings. The van der Waals surface area contributed by atoms with Crippen molar-refractivity contribution in [2.75, 3.05) is 0 Å². The van der Waals surface area contributed by atoms with Gasteiger partial charge in [-0.15, -0.1) is 0 Å². The standard InChI is InChI=1S/C18H20N6O/c1-3-4-7-14-16(18(19)25)23-24(13-6-5-8-20-10-13)17(14)15-11-21-12(2)9-22-15/h5-6,8-11H,3-4,7H2,1-2H3,(H2,19,25). The summed E-state index contributed by atoms with van der Waals surface area (Å²) in [7, 11) is 0. The molecule has 7 nitrogen and oxygen atoms in total. The lowest BCUT2D eigenvalue weighted by molar-refractivity contribution is 0.0994. The van der Waals surface area contributed by atoms with E-state index in [1.54, 1.807) is 29.5 Å². The van der Waals surface area contributed by atoms with Crippen LogP contribution >= 0.6 is 0 Å². The van der Waals surface area contributed by atoms with Gasteiger partial charge < -0.3 is 5.73 Å². The molecule has 0 spiro atoms. The first kappa shape index (κ1) is 16.8. The van der Waals surface area contributed by atoms with Crippen molar-refractivity contribution in [3.8, 4) is 17.1 Å². The first-order valence-corrected chi connectivity index (χ1v) is 8.23. The molecular weight excluding hydrogens is 316 g/mol. The molecule has 3 aromatic heterocycles. The van der Waals surface area contributed by atoms with Gasteiger partial charge in [0.25, 0.3) is 5.91 Å². The van der Waals surface area contributed by atoms with Crippen LogP contribution in [-0.4, -0.2) is 30.6 Å². The van der Waals surface area contributed by atoms with E-state index in [2.05, 4.69) is 27.0 Å². The number of hydrogen-bond donors (Lipinski definition) is 1. The van der Waals surface area contributed by atoms with Crippen LogP contribution in [0.5, 0.6) is 0 Å².